The van der Waals surface area contributed by atoms with Crippen LogP contribution in [0.1, 0.15) is 25.5 Å². The van der Waals surface area contributed by atoms with Crippen molar-refractivity contribution in [2.75, 3.05) is 0 Å². The summed E-state index contributed by atoms with van der Waals surface area (Å²) in [6, 6.07) is 23.2. The van der Waals surface area contributed by atoms with E-state index < -0.39 is 0 Å². The molecule has 0 saturated heterocycles. The van der Waals surface area contributed by atoms with Crippen LogP contribution >= 0.6 is 0 Å². The SMILES string of the molecule is CCCCc1cc2cc3c(ccc4c5cc6ccn(C)c6cc5ccc34)cc2n1C. The summed E-state index contributed by atoms with van der Waals surface area (Å²) in [5.41, 5.74) is 4.05. The van der Waals surface area contributed by atoms with E-state index in [2.05, 4.69) is 97.0 Å². The maximum absolute atomic E-state index is 2.40. The van der Waals surface area contributed by atoms with Gasteiger partial charge < -0.3 is 9.13 Å². The maximum atomic E-state index is 2.40. The fourth-order valence-electron chi connectivity index (χ4n) is 5.13. The first-order valence-electron chi connectivity index (χ1n) is 11.0. The third-order valence-electron chi connectivity index (χ3n) is 6.89. The van der Waals surface area contributed by atoms with Gasteiger partial charge in [-0.1, -0.05) is 37.6 Å². The molecule has 6 aromatic rings. The first-order valence-corrected chi connectivity index (χ1v) is 11.0. The van der Waals surface area contributed by atoms with Crippen LogP contribution in [0, 0.1) is 0 Å². The van der Waals surface area contributed by atoms with Gasteiger partial charge in [0.15, 0.2) is 0 Å². The van der Waals surface area contributed by atoms with Gasteiger partial charge >= 0.3 is 0 Å². The molecule has 0 atom stereocenters. The number of nitrogens with zero attached hydrogens (tertiary/aromatic N) is 2. The standard InChI is InChI=1S/C28H26N2/c1-4-5-6-22-13-21-15-26-19(17-28(21)30(22)3)8-10-23-24(26)9-7-18-16-27-20(14-25(18)23)11-12-29(27)2/h7-17H,4-6H2,1-3H3. The molecule has 0 saturated carbocycles. The van der Waals surface area contributed by atoms with E-state index in [-0.39, 0.29) is 0 Å². The van der Waals surface area contributed by atoms with Gasteiger partial charge in [0, 0.05) is 47.8 Å². The molecular weight excluding hydrogens is 364 g/mol. The fraction of sp³-hybridized carbons (Fsp3) is 0.214. The molecule has 0 bridgehead atoms. The molecule has 0 N–H and O–H groups in total. The van der Waals surface area contributed by atoms with Gasteiger partial charge in [-0.3, -0.25) is 0 Å². The summed E-state index contributed by atoms with van der Waals surface area (Å²) in [4.78, 5) is 0. The minimum atomic E-state index is 1.15. The average molecular weight is 391 g/mol. The molecule has 0 unspecified atom stereocenters. The van der Waals surface area contributed by atoms with Crippen LogP contribution in [0.4, 0.5) is 0 Å². The second-order valence-corrected chi connectivity index (χ2v) is 8.72. The summed E-state index contributed by atoms with van der Waals surface area (Å²) in [6.07, 6.45) is 5.77. The molecule has 0 radical (unpaired) electrons. The quantitative estimate of drug-likeness (QED) is 0.277. The Hall–Kier alpha value is -3.26. The molecule has 2 nitrogen and oxygen atoms in total. The Morgan fingerprint density at radius 2 is 1.30 bits per heavy atom. The number of aromatic nitrogens is 2. The lowest BCUT2D eigenvalue weighted by atomic mass is 9.95. The van der Waals surface area contributed by atoms with Crippen molar-refractivity contribution in [3.63, 3.8) is 0 Å². The maximum Gasteiger partial charge on any atom is 0.0486 e. The van der Waals surface area contributed by atoms with Crippen LogP contribution in [0.2, 0.25) is 0 Å². The van der Waals surface area contributed by atoms with Crippen molar-refractivity contribution in [3.8, 4) is 0 Å². The van der Waals surface area contributed by atoms with Crippen molar-refractivity contribution in [1.82, 2.24) is 9.13 Å². The van der Waals surface area contributed by atoms with Crippen LogP contribution in [0.15, 0.2) is 66.9 Å². The van der Waals surface area contributed by atoms with E-state index in [1.807, 2.05) is 0 Å². The Balaban J connectivity index is 1.65. The Morgan fingerprint density at radius 1 is 0.633 bits per heavy atom. The van der Waals surface area contributed by atoms with Crippen LogP contribution in [0.3, 0.4) is 0 Å². The Labute approximate surface area is 176 Å². The summed E-state index contributed by atoms with van der Waals surface area (Å²) >= 11 is 0. The normalized spacial score (nSPS) is 12.2. The van der Waals surface area contributed by atoms with E-state index in [0.29, 0.717) is 0 Å². The van der Waals surface area contributed by atoms with Gasteiger partial charge in [0.2, 0.25) is 0 Å². The second kappa shape index (κ2) is 6.37. The largest absolute Gasteiger partial charge is 0.351 e. The monoisotopic (exact) mass is 390 g/mol. The molecule has 2 heterocycles. The average Bonchev–Trinajstić information content (AvgIpc) is 3.28. The number of unbranched alkanes of at least 4 members (excludes halogenated alkanes) is 1. The highest BCUT2D eigenvalue weighted by molar-refractivity contribution is 6.20. The lowest BCUT2D eigenvalue weighted by molar-refractivity contribution is 0.742. The van der Waals surface area contributed by atoms with Gasteiger partial charge in [0.1, 0.15) is 0 Å². The Kier molecular flexibility index (Phi) is 3.73. The van der Waals surface area contributed by atoms with Gasteiger partial charge in [-0.25, -0.2) is 0 Å². The molecule has 0 spiro atoms. The molecule has 148 valence electrons. The topological polar surface area (TPSA) is 9.86 Å². The first kappa shape index (κ1) is 17.6. The predicted octanol–water partition coefficient (Wildman–Crippen LogP) is 7.47. The highest BCUT2D eigenvalue weighted by Crippen LogP contribution is 2.35. The smallest absolute Gasteiger partial charge is 0.0486 e. The molecule has 0 aliphatic carbocycles. The minimum absolute atomic E-state index is 1.15. The highest BCUT2D eigenvalue weighted by Gasteiger charge is 2.11. The number of rotatable bonds is 3. The highest BCUT2D eigenvalue weighted by atomic mass is 14.9. The zero-order valence-electron chi connectivity index (χ0n) is 17.9. The molecule has 0 aliphatic rings. The number of fused-ring (bicyclic) bond motifs is 7. The summed E-state index contributed by atoms with van der Waals surface area (Å²) < 4.78 is 4.57. The van der Waals surface area contributed by atoms with Crippen molar-refractivity contribution >= 4 is 54.1 Å². The summed E-state index contributed by atoms with van der Waals surface area (Å²) in [7, 11) is 4.32. The fourth-order valence-corrected chi connectivity index (χ4v) is 5.13. The van der Waals surface area contributed by atoms with E-state index in [0.717, 1.165) is 6.42 Å². The van der Waals surface area contributed by atoms with Crippen LogP contribution in [0.5, 0.6) is 0 Å². The van der Waals surface area contributed by atoms with Gasteiger partial charge in [0.25, 0.3) is 0 Å². The zero-order chi connectivity index (χ0) is 20.4. The van der Waals surface area contributed by atoms with Crippen LogP contribution in [-0.2, 0) is 20.5 Å². The zero-order valence-corrected chi connectivity index (χ0v) is 17.9. The van der Waals surface area contributed by atoms with Crippen molar-refractivity contribution in [3.05, 3.63) is 72.6 Å². The molecule has 0 fully saturated rings. The van der Waals surface area contributed by atoms with Crippen molar-refractivity contribution in [2.24, 2.45) is 14.1 Å². The van der Waals surface area contributed by atoms with E-state index in [9.17, 15) is 0 Å². The van der Waals surface area contributed by atoms with Gasteiger partial charge in [0.05, 0.1) is 0 Å². The molecule has 0 amide bonds. The molecule has 4 aromatic carbocycles. The predicted molar refractivity (Wildman–Crippen MR) is 131 cm³/mol. The number of benzene rings is 4. The summed E-state index contributed by atoms with van der Waals surface area (Å²) in [6.45, 7) is 2.26. The van der Waals surface area contributed by atoms with Crippen molar-refractivity contribution in [2.45, 2.75) is 26.2 Å². The van der Waals surface area contributed by atoms with E-state index in [1.165, 1.54) is 72.7 Å². The molecule has 2 heteroatoms. The molecule has 30 heavy (non-hydrogen) atoms. The second-order valence-electron chi connectivity index (χ2n) is 8.72. The van der Waals surface area contributed by atoms with Crippen molar-refractivity contribution < 1.29 is 0 Å². The van der Waals surface area contributed by atoms with Crippen LogP contribution < -0.4 is 0 Å². The van der Waals surface area contributed by atoms with E-state index in [1.54, 1.807) is 0 Å². The van der Waals surface area contributed by atoms with E-state index in [4.69, 9.17) is 0 Å². The van der Waals surface area contributed by atoms with E-state index >= 15 is 0 Å². The van der Waals surface area contributed by atoms with Gasteiger partial charge in [-0.15, -0.1) is 0 Å². The molecule has 2 aromatic heterocycles. The third-order valence-corrected chi connectivity index (χ3v) is 6.89. The summed E-state index contributed by atoms with van der Waals surface area (Å²) in [5.74, 6) is 0. The van der Waals surface area contributed by atoms with Gasteiger partial charge in [-0.2, -0.15) is 0 Å². The first-order chi connectivity index (χ1) is 14.6. The molecular formula is C28H26N2. The lowest BCUT2D eigenvalue weighted by Crippen LogP contribution is -1.95. The number of hydrogen-bond acceptors (Lipinski definition) is 0. The minimum Gasteiger partial charge on any atom is -0.351 e. The molecule has 0 aliphatic heterocycles. The third kappa shape index (κ3) is 2.43. The summed E-state index contributed by atoms with van der Waals surface area (Å²) in [5, 5.41) is 10.6. The Bertz CT molecular complexity index is 1590. The number of hydrogen-bond donors (Lipinski definition) is 0. The molecule has 6 rings (SSSR count). The lowest BCUT2D eigenvalue weighted by Gasteiger charge is -2.10. The van der Waals surface area contributed by atoms with Crippen molar-refractivity contribution in [1.29, 1.82) is 0 Å². The van der Waals surface area contributed by atoms with Crippen LogP contribution in [-0.4, -0.2) is 9.13 Å². The number of aryl methyl sites for hydroxylation is 3. The van der Waals surface area contributed by atoms with Crippen LogP contribution in [0.25, 0.3) is 54.1 Å². The van der Waals surface area contributed by atoms with Gasteiger partial charge in [-0.05, 0) is 81.6 Å². The Morgan fingerprint density at radius 3 is 2.00 bits per heavy atom.